The Hall–Kier alpha value is -2.13. The SMILES string of the molecule is CC(C)(C)OC(=O)N[C@@H](Cc1ccc(S(=O)(=O)O)cc1)C(=O)O. The highest BCUT2D eigenvalue weighted by atomic mass is 32.2. The molecule has 23 heavy (non-hydrogen) atoms. The summed E-state index contributed by atoms with van der Waals surface area (Å²) in [6.07, 6.45) is -0.931. The third-order valence-corrected chi connectivity index (χ3v) is 3.52. The van der Waals surface area contributed by atoms with Crippen LogP contribution in [0.2, 0.25) is 0 Å². The van der Waals surface area contributed by atoms with Gasteiger partial charge in [0.25, 0.3) is 10.1 Å². The first-order valence-corrected chi connectivity index (χ1v) is 8.11. The summed E-state index contributed by atoms with van der Waals surface area (Å²) in [4.78, 5) is 22.6. The van der Waals surface area contributed by atoms with Crippen LogP contribution in [0.15, 0.2) is 29.2 Å². The van der Waals surface area contributed by atoms with Crippen LogP contribution < -0.4 is 5.32 Å². The molecule has 1 amide bonds. The van der Waals surface area contributed by atoms with E-state index in [9.17, 15) is 18.0 Å². The van der Waals surface area contributed by atoms with Crippen molar-refractivity contribution in [1.82, 2.24) is 5.32 Å². The monoisotopic (exact) mass is 345 g/mol. The Morgan fingerprint density at radius 3 is 2.13 bits per heavy atom. The van der Waals surface area contributed by atoms with E-state index in [2.05, 4.69) is 5.32 Å². The van der Waals surface area contributed by atoms with E-state index in [0.29, 0.717) is 5.56 Å². The molecule has 0 fully saturated rings. The molecule has 8 nitrogen and oxygen atoms in total. The zero-order chi connectivity index (χ0) is 17.8. The number of alkyl carbamates (subject to hydrolysis) is 1. The van der Waals surface area contributed by atoms with Crippen molar-refractivity contribution < 1.29 is 32.4 Å². The van der Waals surface area contributed by atoms with Gasteiger partial charge in [0.1, 0.15) is 11.6 Å². The van der Waals surface area contributed by atoms with Crippen molar-refractivity contribution in [2.75, 3.05) is 0 Å². The number of carboxylic acids is 1. The summed E-state index contributed by atoms with van der Waals surface area (Å²) >= 11 is 0. The maximum atomic E-state index is 11.6. The summed E-state index contributed by atoms with van der Waals surface area (Å²) in [6, 6.07) is 3.78. The highest BCUT2D eigenvalue weighted by molar-refractivity contribution is 7.85. The van der Waals surface area contributed by atoms with Crippen molar-refractivity contribution in [3.63, 3.8) is 0 Å². The molecule has 0 saturated carbocycles. The third-order valence-electron chi connectivity index (χ3n) is 2.65. The fourth-order valence-corrected chi connectivity index (χ4v) is 2.16. The van der Waals surface area contributed by atoms with E-state index < -0.39 is 33.8 Å². The predicted octanol–water partition coefficient (Wildman–Crippen LogP) is 1.45. The van der Waals surface area contributed by atoms with E-state index in [1.165, 1.54) is 12.1 Å². The first-order chi connectivity index (χ1) is 10.4. The van der Waals surface area contributed by atoms with Crippen molar-refractivity contribution >= 4 is 22.2 Å². The van der Waals surface area contributed by atoms with Crippen LogP contribution in [0, 0.1) is 0 Å². The van der Waals surface area contributed by atoms with Crippen LogP contribution in [0.25, 0.3) is 0 Å². The summed E-state index contributed by atoms with van der Waals surface area (Å²) in [6.45, 7) is 4.95. The highest BCUT2D eigenvalue weighted by Gasteiger charge is 2.24. The standard InChI is InChI=1S/C14H19NO7S/c1-14(2,3)22-13(18)15-11(12(16)17)8-9-4-6-10(7-5-9)23(19,20)21/h4-7,11H,8H2,1-3H3,(H,15,18)(H,16,17)(H,19,20,21)/t11-/m0/s1. The van der Waals surface area contributed by atoms with Crippen molar-refractivity contribution in [2.45, 2.75) is 43.7 Å². The van der Waals surface area contributed by atoms with Crippen LogP contribution in [-0.4, -0.2) is 41.8 Å². The van der Waals surface area contributed by atoms with Crippen molar-refractivity contribution in [3.05, 3.63) is 29.8 Å². The van der Waals surface area contributed by atoms with E-state index in [1.807, 2.05) is 0 Å². The molecule has 9 heteroatoms. The first kappa shape index (κ1) is 18.9. The number of nitrogens with one attached hydrogen (secondary N) is 1. The summed E-state index contributed by atoms with van der Waals surface area (Å²) in [5.41, 5.74) is -0.287. The quantitative estimate of drug-likeness (QED) is 0.689. The van der Waals surface area contributed by atoms with E-state index in [0.717, 1.165) is 12.1 Å². The van der Waals surface area contributed by atoms with Crippen molar-refractivity contribution in [3.8, 4) is 0 Å². The number of carbonyl (C=O) groups is 2. The lowest BCUT2D eigenvalue weighted by Crippen LogP contribution is -2.44. The zero-order valence-corrected chi connectivity index (χ0v) is 13.8. The summed E-state index contributed by atoms with van der Waals surface area (Å²) in [5, 5.41) is 11.4. The van der Waals surface area contributed by atoms with Gasteiger partial charge in [-0.15, -0.1) is 0 Å². The van der Waals surface area contributed by atoms with Gasteiger partial charge >= 0.3 is 12.1 Å². The molecule has 0 spiro atoms. The van der Waals surface area contributed by atoms with Gasteiger partial charge in [-0.1, -0.05) is 12.1 Å². The number of carboxylic acid groups (broad SMARTS) is 1. The summed E-state index contributed by atoms with van der Waals surface area (Å²) < 4.78 is 35.8. The van der Waals surface area contributed by atoms with Crippen LogP contribution in [0.1, 0.15) is 26.3 Å². The molecule has 1 aromatic rings. The second-order valence-corrected chi connectivity index (χ2v) is 7.28. The van der Waals surface area contributed by atoms with Crippen molar-refractivity contribution in [1.29, 1.82) is 0 Å². The second-order valence-electron chi connectivity index (χ2n) is 5.86. The summed E-state index contributed by atoms with van der Waals surface area (Å²) in [7, 11) is -4.31. The largest absolute Gasteiger partial charge is 0.480 e. The zero-order valence-electron chi connectivity index (χ0n) is 12.9. The topological polar surface area (TPSA) is 130 Å². The Morgan fingerprint density at radius 2 is 1.74 bits per heavy atom. The van der Waals surface area contributed by atoms with Gasteiger partial charge in [-0.25, -0.2) is 9.59 Å². The molecule has 0 heterocycles. The lowest BCUT2D eigenvalue weighted by Gasteiger charge is -2.22. The molecule has 0 aliphatic rings. The number of benzene rings is 1. The van der Waals surface area contributed by atoms with E-state index >= 15 is 0 Å². The Kier molecular flexibility index (Phi) is 5.73. The lowest BCUT2D eigenvalue weighted by atomic mass is 10.1. The lowest BCUT2D eigenvalue weighted by molar-refractivity contribution is -0.139. The van der Waals surface area contributed by atoms with Gasteiger partial charge in [-0.05, 0) is 38.5 Å². The maximum absolute atomic E-state index is 11.6. The van der Waals surface area contributed by atoms with Crippen LogP contribution in [-0.2, 0) is 26.1 Å². The molecule has 3 N–H and O–H groups in total. The van der Waals surface area contributed by atoms with Crippen LogP contribution in [0.5, 0.6) is 0 Å². The van der Waals surface area contributed by atoms with Gasteiger partial charge in [0.2, 0.25) is 0 Å². The molecule has 0 aromatic heterocycles. The van der Waals surface area contributed by atoms with Gasteiger partial charge in [0.15, 0.2) is 0 Å². The van der Waals surface area contributed by atoms with Gasteiger partial charge < -0.3 is 15.2 Å². The van der Waals surface area contributed by atoms with Crippen LogP contribution in [0.4, 0.5) is 4.79 Å². The van der Waals surface area contributed by atoms with E-state index in [4.69, 9.17) is 14.4 Å². The van der Waals surface area contributed by atoms with E-state index in [1.54, 1.807) is 20.8 Å². The highest BCUT2D eigenvalue weighted by Crippen LogP contribution is 2.12. The number of rotatable bonds is 5. The fourth-order valence-electron chi connectivity index (χ4n) is 1.68. The molecule has 0 unspecified atom stereocenters. The average Bonchev–Trinajstić information content (AvgIpc) is 2.35. The average molecular weight is 345 g/mol. The molecule has 128 valence electrons. The number of hydrogen-bond acceptors (Lipinski definition) is 5. The number of hydrogen-bond donors (Lipinski definition) is 3. The molecule has 0 saturated heterocycles. The third kappa shape index (κ3) is 6.66. The van der Waals surface area contributed by atoms with Gasteiger partial charge in [-0.2, -0.15) is 8.42 Å². The molecular formula is C14H19NO7S. The smallest absolute Gasteiger partial charge is 0.408 e. The summed E-state index contributed by atoms with van der Waals surface area (Å²) in [5.74, 6) is -1.25. The Labute approximate surface area is 134 Å². The number of amides is 1. The first-order valence-electron chi connectivity index (χ1n) is 6.67. The Bertz CT molecular complexity index is 674. The molecular weight excluding hydrogens is 326 g/mol. The number of aliphatic carboxylic acids is 1. The van der Waals surface area contributed by atoms with Gasteiger partial charge in [-0.3, -0.25) is 4.55 Å². The molecule has 0 bridgehead atoms. The molecule has 0 radical (unpaired) electrons. The van der Waals surface area contributed by atoms with Crippen LogP contribution >= 0.6 is 0 Å². The second kappa shape index (κ2) is 6.97. The fraction of sp³-hybridized carbons (Fsp3) is 0.429. The van der Waals surface area contributed by atoms with Crippen molar-refractivity contribution in [2.24, 2.45) is 0 Å². The Morgan fingerprint density at radius 1 is 1.22 bits per heavy atom. The molecule has 1 aromatic carbocycles. The molecule has 0 aliphatic carbocycles. The minimum absolute atomic E-state index is 0.0691. The minimum Gasteiger partial charge on any atom is -0.480 e. The van der Waals surface area contributed by atoms with Gasteiger partial charge in [0, 0.05) is 6.42 Å². The molecule has 1 atom stereocenters. The maximum Gasteiger partial charge on any atom is 0.408 e. The number of ether oxygens (including phenoxy) is 1. The minimum atomic E-state index is -4.31. The van der Waals surface area contributed by atoms with E-state index in [-0.39, 0.29) is 11.3 Å². The van der Waals surface area contributed by atoms with Gasteiger partial charge in [0.05, 0.1) is 4.90 Å². The number of carbonyl (C=O) groups excluding carboxylic acids is 1. The Balaban J connectivity index is 2.81. The normalized spacial score (nSPS) is 13.2. The predicted molar refractivity (Wildman–Crippen MR) is 80.8 cm³/mol. The molecule has 0 aliphatic heterocycles. The molecule has 1 rings (SSSR count). The van der Waals surface area contributed by atoms with Crippen LogP contribution in [0.3, 0.4) is 0 Å².